The summed E-state index contributed by atoms with van der Waals surface area (Å²) >= 11 is 0. The lowest BCUT2D eigenvalue weighted by Gasteiger charge is -2.06. The summed E-state index contributed by atoms with van der Waals surface area (Å²) in [5.41, 5.74) is 1.86. The first-order valence-electron chi connectivity index (χ1n) is 8.68. The van der Waals surface area contributed by atoms with Crippen molar-refractivity contribution in [3.8, 4) is 11.5 Å². The topological polar surface area (TPSA) is 93.8 Å². The number of benzene rings is 1. The molecule has 1 N–H and O–H groups in total. The zero-order chi connectivity index (χ0) is 18.1. The van der Waals surface area contributed by atoms with Crippen molar-refractivity contribution in [2.24, 2.45) is 0 Å². The summed E-state index contributed by atoms with van der Waals surface area (Å²) in [4.78, 5) is 25.4. The highest BCUT2D eigenvalue weighted by Crippen LogP contribution is 2.37. The van der Waals surface area contributed by atoms with Crippen molar-refractivity contribution in [2.45, 2.75) is 38.5 Å². The van der Waals surface area contributed by atoms with E-state index in [9.17, 15) is 4.79 Å². The van der Waals surface area contributed by atoms with Crippen LogP contribution in [0.3, 0.4) is 0 Å². The maximum absolute atomic E-state index is 12.4. The van der Waals surface area contributed by atoms with Crippen molar-refractivity contribution < 1.29 is 9.32 Å². The first kappa shape index (κ1) is 16.4. The molecule has 0 saturated heterocycles. The average Bonchev–Trinajstić information content (AvgIpc) is 3.39. The zero-order valence-electron chi connectivity index (χ0n) is 14.6. The molecular formula is C19H19N5O2. The summed E-state index contributed by atoms with van der Waals surface area (Å²) in [7, 11) is 0. The van der Waals surface area contributed by atoms with Gasteiger partial charge in [0.1, 0.15) is 11.5 Å². The van der Waals surface area contributed by atoms with Crippen LogP contribution in [0.2, 0.25) is 0 Å². The summed E-state index contributed by atoms with van der Waals surface area (Å²) in [6.45, 7) is 4.02. The van der Waals surface area contributed by atoms with Crippen molar-refractivity contribution in [1.29, 1.82) is 0 Å². The molecule has 4 rings (SSSR count). The zero-order valence-corrected chi connectivity index (χ0v) is 14.6. The Labute approximate surface area is 150 Å². The van der Waals surface area contributed by atoms with E-state index in [0.29, 0.717) is 29.0 Å². The molecule has 1 aromatic carbocycles. The van der Waals surface area contributed by atoms with E-state index >= 15 is 0 Å². The Hall–Kier alpha value is -3.09. The molecule has 0 atom stereocenters. The van der Waals surface area contributed by atoms with E-state index in [4.69, 9.17) is 4.52 Å². The molecule has 0 bridgehead atoms. The molecule has 7 nitrogen and oxygen atoms in total. The number of carbonyl (C=O) groups is 1. The fourth-order valence-corrected chi connectivity index (χ4v) is 2.52. The Morgan fingerprint density at radius 3 is 2.58 bits per heavy atom. The summed E-state index contributed by atoms with van der Waals surface area (Å²) in [5.74, 6) is 2.27. The molecule has 3 aromatic rings. The molecule has 0 radical (unpaired) electrons. The van der Waals surface area contributed by atoms with Crippen molar-refractivity contribution >= 4 is 11.6 Å². The van der Waals surface area contributed by atoms with Gasteiger partial charge in [-0.15, -0.1) is 0 Å². The highest BCUT2D eigenvalue weighted by atomic mass is 16.5. The number of aromatic nitrogens is 4. The fourth-order valence-electron chi connectivity index (χ4n) is 2.52. The van der Waals surface area contributed by atoms with Gasteiger partial charge in [-0.1, -0.05) is 19.0 Å². The minimum Gasteiger partial charge on any atom is -0.334 e. The van der Waals surface area contributed by atoms with Gasteiger partial charge in [0.2, 0.25) is 0 Å². The molecular weight excluding hydrogens is 330 g/mol. The number of nitrogens with zero attached hydrogens (tertiary/aromatic N) is 4. The third kappa shape index (κ3) is 3.46. The predicted molar refractivity (Wildman–Crippen MR) is 95.8 cm³/mol. The fraction of sp³-hybridized carbons (Fsp3) is 0.316. The van der Waals surface area contributed by atoms with E-state index in [0.717, 1.165) is 24.2 Å². The summed E-state index contributed by atoms with van der Waals surface area (Å²) in [5, 5.41) is 6.81. The molecule has 1 saturated carbocycles. The number of amides is 1. The van der Waals surface area contributed by atoms with Crippen molar-refractivity contribution in [3.05, 3.63) is 53.9 Å². The van der Waals surface area contributed by atoms with Gasteiger partial charge in [0.05, 0.1) is 0 Å². The average molecular weight is 349 g/mol. The van der Waals surface area contributed by atoms with Crippen LogP contribution < -0.4 is 5.32 Å². The quantitative estimate of drug-likeness (QED) is 0.753. The van der Waals surface area contributed by atoms with Crippen molar-refractivity contribution in [3.63, 3.8) is 0 Å². The second-order valence-corrected chi connectivity index (χ2v) is 6.72. The second-order valence-electron chi connectivity index (χ2n) is 6.72. The highest BCUT2D eigenvalue weighted by molar-refractivity contribution is 6.02. The second kappa shape index (κ2) is 6.67. The van der Waals surface area contributed by atoms with Gasteiger partial charge in [-0.3, -0.25) is 4.79 Å². The number of nitrogens with one attached hydrogen (secondary N) is 1. The number of hydrogen-bond donors (Lipinski definition) is 1. The van der Waals surface area contributed by atoms with Crippen LogP contribution in [-0.2, 0) is 0 Å². The van der Waals surface area contributed by atoms with Gasteiger partial charge in [0.25, 0.3) is 11.8 Å². The van der Waals surface area contributed by atoms with E-state index in [2.05, 4.69) is 25.4 Å². The first-order valence-corrected chi connectivity index (χ1v) is 8.68. The van der Waals surface area contributed by atoms with Crippen molar-refractivity contribution in [1.82, 2.24) is 20.1 Å². The number of hydrogen-bond acceptors (Lipinski definition) is 6. The minimum atomic E-state index is -0.248. The van der Waals surface area contributed by atoms with Gasteiger partial charge in [-0.05, 0) is 43.2 Å². The molecule has 1 fully saturated rings. The van der Waals surface area contributed by atoms with Crippen LogP contribution in [0.4, 0.5) is 5.69 Å². The van der Waals surface area contributed by atoms with Crippen molar-refractivity contribution in [2.75, 3.05) is 5.32 Å². The molecule has 1 amide bonds. The van der Waals surface area contributed by atoms with Crippen LogP contribution in [0.5, 0.6) is 0 Å². The number of carbonyl (C=O) groups excluding carboxylic acids is 1. The molecule has 1 aliphatic carbocycles. The first-order chi connectivity index (χ1) is 12.6. The molecule has 26 heavy (non-hydrogen) atoms. The molecule has 132 valence electrons. The van der Waals surface area contributed by atoms with E-state index in [1.54, 1.807) is 24.4 Å². The van der Waals surface area contributed by atoms with Gasteiger partial charge in [-0.25, -0.2) is 9.97 Å². The lowest BCUT2D eigenvalue weighted by Crippen LogP contribution is -2.14. The van der Waals surface area contributed by atoms with Gasteiger partial charge in [0.15, 0.2) is 5.82 Å². The third-order valence-corrected chi connectivity index (χ3v) is 4.20. The van der Waals surface area contributed by atoms with E-state index in [1.165, 1.54) is 0 Å². The van der Waals surface area contributed by atoms with E-state index < -0.39 is 0 Å². The number of rotatable bonds is 5. The Kier molecular flexibility index (Phi) is 4.20. The molecule has 2 aromatic heterocycles. The highest BCUT2D eigenvalue weighted by Gasteiger charge is 2.27. The standard InChI is InChI=1S/C19H19N5O2/c1-11(2)16-23-19(26-24-16)13-5-7-14(8-6-13)21-18(25)15-9-10-20-17(22-15)12-3-4-12/h5-12H,3-4H2,1-2H3,(H,21,25). The molecule has 0 unspecified atom stereocenters. The van der Waals surface area contributed by atoms with E-state index in [1.807, 2.05) is 26.0 Å². The molecule has 1 aliphatic rings. The van der Waals surface area contributed by atoms with Crippen LogP contribution in [0.15, 0.2) is 41.1 Å². The normalized spacial score (nSPS) is 13.8. The maximum atomic E-state index is 12.4. The van der Waals surface area contributed by atoms with Gasteiger partial charge in [-0.2, -0.15) is 4.98 Å². The van der Waals surface area contributed by atoms with Crippen LogP contribution in [0.25, 0.3) is 11.5 Å². The molecule has 0 spiro atoms. The van der Waals surface area contributed by atoms with Crippen LogP contribution >= 0.6 is 0 Å². The van der Waals surface area contributed by atoms with Gasteiger partial charge < -0.3 is 9.84 Å². The monoisotopic (exact) mass is 349 g/mol. The number of anilines is 1. The summed E-state index contributed by atoms with van der Waals surface area (Å²) < 4.78 is 5.28. The third-order valence-electron chi connectivity index (χ3n) is 4.20. The summed E-state index contributed by atoms with van der Waals surface area (Å²) in [6, 6.07) is 8.90. The van der Waals surface area contributed by atoms with E-state index in [-0.39, 0.29) is 11.8 Å². The lowest BCUT2D eigenvalue weighted by atomic mass is 10.2. The Balaban J connectivity index is 1.46. The van der Waals surface area contributed by atoms with Crippen LogP contribution in [-0.4, -0.2) is 26.0 Å². The predicted octanol–water partition coefficient (Wildman–Crippen LogP) is 3.78. The molecule has 0 aliphatic heterocycles. The van der Waals surface area contributed by atoms with Gasteiger partial charge >= 0.3 is 0 Å². The smallest absolute Gasteiger partial charge is 0.274 e. The SMILES string of the molecule is CC(C)c1noc(-c2ccc(NC(=O)c3ccnc(C4CC4)n3)cc2)n1. The summed E-state index contributed by atoms with van der Waals surface area (Å²) in [6.07, 6.45) is 3.84. The lowest BCUT2D eigenvalue weighted by molar-refractivity contribution is 0.102. The van der Waals surface area contributed by atoms with Crippen LogP contribution in [0.1, 0.15) is 60.7 Å². The Morgan fingerprint density at radius 2 is 1.92 bits per heavy atom. The Bertz CT molecular complexity index is 929. The Morgan fingerprint density at radius 1 is 1.15 bits per heavy atom. The van der Waals surface area contributed by atoms with Crippen LogP contribution in [0, 0.1) is 0 Å². The maximum Gasteiger partial charge on any atom is 0.274 e. The van der Waals surface area contributed by atoms with Gasteiger partial charge in [0, 0.05) is 29.3 Å². The largest absolute Gasteiger partial charge is 0.334 e. The molecule has 2 heterocycles. The molecule has 7 heteroatoms. The minimum absolute atomic E-state index is 0.208.